The summed E-state index contributed by atoms with van der Waals surface area (Å²) in [4.78, 5) is 13.0. The Kier molecular flexibility index (Phi) is 3.61. The topological polar surface area (TPSA) is 55.1 Å². The Morgan fingerprint density at radius 1 is 1.50 bits per heavy atom. The van der Waals surface area contributed by atoms with Gasteiger partial charge in [0.2, 0.25) is 0 Å². The highest BCUT2D eigenvalue weighted by atomic mass is 35.5. The van der Waals surface area contributed by atoms with Gasteiger partial charge in [-0.15, -0.1) is 11.3 Å². The van der Waals surface area contributed by atoms with Crippen LogP contribution in [0.3, 0.4) is 0 Å². The lowest BCUT2D eigenvalue weighted by Gasteiger charge is -2.31. The number of nitrogens with one attached hydrogen (secondary N) is 1. The number of nitrogens with two attached hydrogens (primary N) is 1. The molecule has 3 nitrogen and oxygen atoms in total. The summed E-state index contributed by atoms with van der Waals surface area (Å²) in [6.45, 7) is 2.07. The molecule has 1 aromatic heterocycles. The first kappa shape index (κ1) is 13.7. The molecule has 0 saturated heterocycles. The zero-order chi connectivity index (χ0) is 14.3. The van der Waals surface area contributed by atoms with Crippen LogP contribution in [0.5, 0.6) is 0 Å². The molecule has 0 radical (unpaired) electrons. The molecule has 1 aromatic carbocycles. The SMILES string of the molecule is CC(NC(=O)c1sc2ccc(Cl)cc2c1N)C1CCC1. The van der Waals surface area contributed by atoms with Crippen LogP contribution < -0.4 is 11.1 Å². The Morgan fingerprint density at radius 3 is 2.90 bits per heavy atom. The molecule has 1 aliphatic carbocycles. The van der Waals surface area contributed by atoms with E-state index in [0.29, 0.717) is 21.5 Å². The van der Waals surface area contributed by atoms with Crippen molar-refractivity contribution in [3.8, 4) is 0 Å². The fraction of sp³-hybridized carbons (Fsp3) is 0.400. The van der Waals surface area contributed by atoms with Crippen LogP contribution in [0, 0.1) is 5.92 Å². The minimum absolute atomic E-state index is 0.0702. The Hall–Kier alpha value is -1.26. The van der Waals surface area contributed by atoms with Crippen LogP contribution in [0.25, 0.3) is 10.1 Å². The highest BCUT2D eigenvalue weighted by Gasteiger charge is 2.26. The third kappa shape index (κ3) is 2.38. The van der Waals surface area contributed by atoms with Gasteiger partial charge in [-0.25, -0.2) is 0 Å². The summed E-state index contributed by atoms with van der Waals surface area (Å²) in [6, 6.07) is 5.75. The van der Waals surface area contributed by atoms with Crippen molar-refractivity contribution >= 4 is 44.6 Å². The molecule has 20 heavy (non-hydrogen) atoms. The second-order valence-electron chi connectivity index (χ2n) is 5.44. The van der Waals surface area contributed by atoms with E-state index in [4.69, 9.17) is 17.3 Å². The molecule has 106 valence electrons. The molecule has 1 unspecified atom stereocenters. The molecule has 2 aromatic rings. The van der Waals surface area contributed by atoms with Crippen LogP contribution in [0.4, 0.5) is 5.69 Å². The van der Waals surface area contributed by atoms with Gasteiger partial charge >= 0.3 is 0 Å². The van der Waals surface area contributed by atoms with Crippen molar-refractivity contribution in [1.29, 1.82) is 0 Å². The average Bonchev–Trinajstić information content (AvgIpc) is 2.64. The van der Waals surface area contributed by atoms with Gasteiger partial charge in [-0.3, -0.25) is 4.79 Å². The Bertz CT molecular complexity index is 663. The highest BCUT2D eigenvalue weighted by molar-refractivity contribution is 7.21. The monoisotopic (exact) mass is 308 g/mol. The number of carbonyl (C=O) groups excluding carboxylic acids is 1. The van der Waals surface area contributed by atoms with E-state index in [-0.39, 0.29) is 11.9 Å². The van der Waals surface area contributed by atoms with Gasteiger partial charge in [0.15, 0.2) is 0 Å². The fourth-order valence-corrected chi connectivity index (χ4v) is 3.77. The largest absolute Gasteiger partial charge is 0.397 e. The van der Waals surface area contributed by atoms with Crippen molar-refractivity contribution < 1.29 is 4.79 Å². The molecule has 3 N–H and O–H groups in total. The molecule has 1 saturated carbocycles. The zero-order valence-corrected chi connectivity index (χ0v) is 12.9. The maximum atomic E-state index is 12.4. The van der Waals surface area contributed by atoms with Crippen molar-refractivity contribution in [2.24, 2.45) is 5.92 Å². The average molecular weight is 309 g/mol. The number of halogens is 1. The van der Waals surface area contributed by atoms with Crippen molar-refractivity contribution in [3.05, 3.63) is 28.1 Å². The number of benzene rings is 1. The van der Waals surface area contributed by atoms with Gasteiger partial charge in [0.05, 0.1) is 5.69 Å². The molecule has 1 aliphatic rings. The van der Waals surface area contributed by atoms with Gasteiger partial charge in [-0.1, -0.05) is 18.0 Å². The summed E-state index contributed by atoms with van der Waals surface area (Å²) in [5.41, 5.74) is 6.63. The fourth-order valence-electron chi connectivity index (χ4n) is 2.59. The van der Waals surface area contributed by atoms with Gasteiger partial charge in [0, 0.05) is 21.2 Å². The summed E-state index contributed by atoms with van der Waals surface area (Å²) in [7, 11) is 0. The van der Waals surface area contributed by atoms with Gasteiger partial charge in [0.25, 0.3) is 5.91 Å². The minimum Gasteiger partial charge on any atom is -0.397 e. The van der Waals surface area contributed by atoms with Crippen molar-refractivity contribution in [1.82, 2.24) is 5.32 Å². The standard InChI is InChI=1S/C15H17ClN2OS/c1-8(9-3-2-4-9)18-15(19)14-13(17)11-7-10(16)5-6-12(11)20-14/h5-9H,2-4,17H2,1H3,(H,18,19). The summed E-state index contributed by atoms with van der Waals surface area (Å²) in [5, 5.41) is 4.57. The maximum Gasteiger partial charge on any atom is 0.263 e. The minimum atomic E-state index is -0.0702. The van der Waals surface area contributed by atoms with Gasteiger partial charge in [0.1, 0.15) is 4.88 Å². The second-order valence-corrected chi connectivity index (χ2v) is 6.93. The first-order chi connectivity index (χ1) is 9.56. The quantitative estimate of drug-likeness (QED) is 0.898. The van der Waals surface area contributed by atoms with E-state index in [9.17, 15) is 4.79 Å². The molecule has 0 bridgehead atoms. The van der Waals surface area contributed by atoms with E-state index in [2.05, 4.69) is 12.2 Å². The lowest BCUT2D eigenvalue weighted by atomic mass is 9.80. The van der Waals surface area contributed by atoms with Crippen molar-refractivity contribution in [3.63, 3.8) is 0 Å². The smallest absolute Gasteiger partial charge is 0.263 e. The normalized spacial score (nSPS) is 16.9. The number of carbonyl (C=O) groups is 1. The molecule has 1 fully saturated rings. The molecule has 1 atom stereocenters. The number of anilines is 1. The van der Waals surface area contributed by atoms with Crippen LogP contribution in [-0.4, -0.2) is 11.9 Å². The first-order valence-electron chi connectivity index (χ1n) is 6.84. The molecule has 0 aliphatic heterocycles. The molecule has 1 amide bonds. The maximum absolute atomic E-state index is 12.4. The van der Waals surface area contributed by atoms with Crippen LogP contribution in [0.15, 0.2) is 18.2 Å². The highest BCUT2D eigenvalue weighted by Crippen LogP contribution is 2.36. The van der Waals surface area contributed by atoms with Crippen LogP contribution in [-0.2, 0) is 0 Å². The Morgan fingerprint density at radius 2 is 2.25 bits per heavy atom. The van der Waals surface area contributed by atoms with E-state index in [1.165, 1.54) is 30.6 Å². The number of hydrogen-bond acceptors (Lipinski definition) is 3. The van der Waals surface area contributed by atoms with Crippen molar-refractivity contribution in [2.75, 3.05) is 5.73 Å². The summed E-state index contributed by atoms with van der Waals surface area (Å²) in [6.07, 6.45) is 3.69. The van der Waals surface area contributed by atoms with Gasteiger partial charge in [-0.2, -0.15) is 0 Å². The second kappa shape index (κ2) is 5.26. The van der Waals surface area contributed by atoms with E-state index >= 15 is 0 Å². The van der Waals surface area contributed by atoms with E-state index in [1.807, 2.05) is 18.2 Å². The lowest BCUT2D eigenvalue weighted by Crippen LogP contribution is -2.40. The van der Waals surface area contributed by atoms with Crippen molar-refractivity contribution in [2.45, 2.75) is 32.2 Å². The number of hydrogen-bond donors (Lipinski definition) is 2. The molecule has 5 heteroatoms. The van der Waals surface area contributed by atoms with Crippen LogP contribution in [0.2, 0.25) is 5.02 Å². The summed E-state index contributed by atoms with van der Waals surface area (Å²) >= 11 is 7.40. The van der Waals surface area contributed by atoms with E-state index < -0.39 is 0 Å². The molecule has 3 rings (SSSR count). The van der Waals surface area contributed by atoms with Gasteiger partial charge < -0.3 is 11.1 Å². The summed E-state index contributed by atoms with van der Waals surface area (Å²) in [5.74, 6) is 0.545. The van der Waals surface area contributed by atoms with Crippen LogP contribution in [0.1, 0.15) is 35.9 Å². The number of fused-ring (bicyclic) bond motifs is 1. The Balaban J connectivity index is 1.85. The molecular formula is C15H17ClN2OS. The van der Waals surface area contributed by atoms with E-state index in [0.717, 1.165) is 10.1 Å². The predicted octanol–water partition coefficient (Wildman–Crippen LogP) is 4.06. The van der Waals surface area contributed by atoms with E-state index in [1.54, 1.807) is 0 Å². The number of nitrogen functional groups attached to an aromatic ring is 1. The molecule has 1 heterocycles. The number of rotatable bonds is 3. The lowest BCUT2D eigenvalue weighted by molar-refractivity contribution is 0.0914. The van der Waals surface area contributed by atoms with Gasteiger partial charge in [-0.05, 0) is 43.9 Å². The molecular weight excluding hydrogens is 292 g/mol. The zero-order valence-electron chi connectivity index (χ0n) is 11.3. The number of amides is 1. The Labute approximate surface area is 127 Å². The van der Waals surface area contributed by atoms with Crippen LogP contribution >= 0.6 is 22.9 Å². The number of thiophene rings is 1. The first-order valence-corrected chi connectivity index (χ1v) is 8.04. The summed E-state index contributed by atoms with van der Waals surface area (Å²) < 4.78 is 0.994. The third-order valence-electron chi connectivity index (χ3n) is 4.11. The molecule has 0 spiro atoms. The predicted molar refractivity (Wildman–Crippen MR) is 85.5 cm³/mol. The third-order valence-corrected chi connectivity index (χ3v) is 5.53.